The first kappa shape index (κ1) is 11.9. The lowest BCUT2D eigenvalue weighted by atomic mass is 10.3. The second-order valence-electron chi connectivity index (χ2n) is 3.72. The van der Waals surface area contributed by atoms with Crippen LogP contribution in [0.1, 0.15) is 25.7 Å². The van der Waals surface area contributed by atoms with Crippen molar-refractivity contribution in [2.75, 3.05) is 5.73 Å². The number of hydrogen-bond acceptors (Lipinski definition) is 2. The van der Waals surface area contributed by atoms with Crippen LogP contribution in [0.3, 0.4) is 0 Å². The van der Waals surface area contributed by atoms with E-state index < -0.39 is 11.6 Å². The van der Waals surface area contributed by atoms with Crippen LogP contribution in [0.15, 0.2) is 18.2 Å². The van der Waals surface area contributed by atoms with E-state index >= 15 is 0 Å². The summed E-state index contributed by atoms with van der Waals surface area (Å²) in [6.07, 6.45) is 5.25. The molecule has 0 heterocycles. The van der Waals surface area contributed by atoms with Gasteiger partial charge in [-0.3, -0.25) is 0 Å². The molecule has 4 N–H and O–H groups in total. The van der Waals surface area contributed by atoms with Crippen LogP contribution >= 0.6 is 0 Å². The average Bonchev–Trinajstić information content (AvgIpc) is 2.64. The third kappa shape index (κ3) is 4.25. The van der Waals surface area contributed by atoms with Gasteiger partial charge >= 0.3 is 0 Å². The molecule has 0 bridgehead atoms. The van der Waals surface area contributed by atoms with Crippen molar-refractivity contribution in [1.29, 1.82) is 0 Å². The van der Waals surface area contributed by atoms with Crippen LogP contribution < -0.4 is 11.5 Å². The highest BCUT2D eigenvalue weighted by molar-refractivity contribution is 5.37. The molecule has 15 heavy (non-hydrogen) atoms. The molecule has 0 unspecified atom stereocenters. The summed E-state index contributed by atoms with van der Waals surface area (Å²) in [6, 6.07) is 3.78. The van der Waals surface area contributed by atoms with E-state index in [9.17, 15) is 8.78 Å². The average molecular weight is 214 g/mol. The zero-order chi connectivity index (χ0) is 11.3. The van der Waals surface area contributed by atoms with E-state index in [-0.39, 0.29) is 5.69 Å². The highest BCUT2D eigenvalue weighted by Gasteiger charge is 2.07. The number of nitrogens with two attached hydrogens (primary N) is 2. The van der Waals surface area contributed by atoms with Crippen molar-refractivity contribution in [2.24, 2.45) is 5.73 Å². The maximum Gasteiger partial charge on any atom is 0.160 e. The molecule has 0 saturated heterocycles. The third-order valence-electron chi connectivity index (χ3n) is 2.34. The molecule has 0 aliphatic heterocycles. The third-order valence-corrected chi connectivity index (χ3v) is 2.34. The van der Waals surface area contributed by atoms with Crippen molar-refractivity contribution in [1.82, 2.24) is 0 Å². The summed E-state index contributed by atoms with van der Waals surface area (Å²) in [5.41, 5.74) is 10.9. The Balaban J connectivity index is 0.000000162. The Hall–Kier alpha value is -1.16. The number of anilines is 1. The molecule has 1 aliphatic rings. The Bertz CT molecular complexity index is 309. The molecule has 0 amide bonds. The van der Waals surface area contributed by atoms with Gasteiger partial charge in [-0.15, -0.1) is 0 Å². The zero-order valence-corrected chi connectivity index (χ0v) is 8.55. The predicted molar refractivity (Wildman–Crippen MR) is 57.2 cm³/mol. The second-order valence-corrected chi connectivity index (χ2v) is 3.72. The van der Waals surface area contributed by atoms with Crippen LogP contribution in [0.4, 0.5) is 14.5 Å². The SMILES string of the molecule is NC1CCCC1.Nc1ccc(F)c(F)c1. The van der Waals surface area contributed by atoms with E-state index in [1.54, 1.807) is 0 Å². The minimum atomic E-state index is -0.907. The van der Waals surface area contributed by atoms with Crippen molar-refractivity contribution < 1.29 is 8.78 Å². The maximum atomic E-state index is 12.1. The van der Waals surface area contributed by atoms with Crippen LogP contribution in [-0.2, 0) is 0 Å². The summed E-state index contributed by atoms with van der Waals surface area (Å²) >= 11 is 0. The van der Waals surface area contributed by atoms with E-state index in [1.807, 2.05) is 0 Å². The summed E-state index contributed by atoms with van der Waals surface area (Å²) in [4.78, 5) is 0. The molecule has 0 radical (unpaired) electrons. The van der Waals surface area contributed by atoms with Crippen molar-refractivity contribution in [2.45, 2.75) is 31.7 Å². The Morgan fingerprint density at radius 2 is 1.67 bits per heavy atom. The summed E-state index contributed by atoms with van der Waals surface area (Å²) in [5, 5.41) is 0. The highest BCUT2D eigenvalue weighted by atomic mass is 19.2. The van der Waals surface area contributed by atoms with E-state index in [4.69, 9.17) is 11.5 Å². The summed E-state index contributed by atoms with van der Waals surface area (Å²) in [6.45, 7) is 0. The molecule has 0 atom stereocenters. The van der Waals surface area contributed by atoms with Gasteiger partial charge in [-0.1, -0.05) is 12.8 Å². The first-order valence-electron chi connectivity index (χ1n) is 5.05. The van der Waals surface area contributed by atoms with Gasteiger partial charge in [0.25, 0.3) is 0 Å². The molecule has 1 aromatic rings. The van der Waals surface area contributed by atoms with Gasteiger partial charge in [-0.25, -0.2) is 8.78 Å². The Labute approximate surface area is 88.3 Å². The molecule has 84 valence electrons. The monoisotopic (exact) mass is 214 g/mol. The minimum absolute atomic E-state index is 0.230. The smallest absolute Gasteiger partial charge is 0.160 e. The van der Waals surface area contributed by atoms with E-state index in [1.165, 1.54) is 31.7 Å². The first-order valence-corrected chi connectivity index (χ1v) is 5.05. The fourth-order valence-corrected chi connectivity index (χ4v) is 1.47. The Morgan fingerprint density at radius 1 is 1.07 bits per heavy atom. The zero-order valence-electron chi connectivity index (χ0n) is 8.55. The molecule has 1 fully saturated rings. The highest BCUT2D eigenvalue weighted by Crippen LogP contribution is 2.14. The molecule has 0 spiro atoms. The lowest BCUT2D eigenvalue weighted by molar-refractivity contribution is 0.509. The lowest BCUT2D eigenvalue weighted by Crippen LogP contribution is -2.13. The molecule has 1 aliphatic carbocycles. The molecule has 2 nitrogen and oxygen atoms in total. The van der Waals surface area contributed by atoms with Crippen LogP contribution in [0.5, 0.6) is 0 Å². The Morgan fingerprint density at radius 3 is 2.00 bits per heavy atom. The van der Waals surface area contributed by atoms with Gasteiger partial charge in [-0.2, -0.15) is 0 Å². The largest absolute Gasteiger partial charge is 0.399 e. The molecular formula is C11H16F2N2. The lowest BCUT2D eigenvalue weighted by Gasteiger charge is -1.92. The van der Waals surface area contributed by atoms with Crippen molar-refractivity contribution in [3.8, 4) is 0 Å². The second kappa shape index (κ2) is 5.66. The van der Waals surface area contributed by atoms with Crippen LogP contribution in [0.2, 0.25) is 0 Å². The first-order chi connectivity index (χ1) is 7.09. The van der Waals surface area contributed by atoms with Gasteiger partial charge in [-0.05, 0) is 31.0 Å². The summed E-state index contributed by atoms with van der Waals surface area (Å²) < 4.78 is 24.2. The van der Waals surface area contributed by atoms with Crippen molar-refractivity contribution in [3.05, 3.63) is 29.8 Å². The number of benzene rings is 1. The predicted octanol–water partition coefficient (Wildman–Crippen LogP) is 2.43. The summed E-state index contributed by atoms with van der Waals surface area (Å²) in [7, 11) is 0. The fraction of sp³-hybridized carbons (Fsp3) is 0.455. The molecule has 2 rings (SSSR count). The number of rotatable bonds is 0. The fourth-order valence-electron chi connectivity index (χ4n) is 1.47. The van der Waals surface area contributed by atoms with E-state index in [0.717, 1.165) is 12.1 Å². The number of nitrogen functional groups attached to an aromatic ring is 1. The van der Waals surface area contributed by atoms with Gasteiger partial charge in [0.1, 0.15) is 0 Å². The quantitative estimate of drug-likeness (QED) is 0.652. The number of halogens is 2. The van der Waals surface area contributed by atoms with Gasteiger partial charge in [0.05, 0.1) is 0 Å². The maximum absolute atomic E-state index is 12.1. The van der Waals surface area contributed by atoms with Crippen LogP contribution in [0.25, 0.3) is 0 Å². The van der Waals surface area contributed by atoms with Crippen molar-refractivity contribution >= 4 is 5.69 Å². The van der Waals surface area contributed by atoms with E-state index in [2.05, 4.69) is 0 Å². The number of hydrogen-bond donors (Lipinski definition) is 2. The molecule has 0 aromatic heterocycles. The molecular weight excluding hydrogens is 198 g/mol. The molecule has 1 saturated carbocycles. The normalized spacial score (nSPS) is 15.9. The van der Waals surface area contributed by atoms with Gasteiger partial charge in [0, 0.05) is 11.7 Å². The van der Waals surface area contributed by atoms with Gasteiger partial charge in [0.15, 0.2) is 11.6 Å². The Kier molecular flexibility index (Phi) is 4.49. The standard InChI is InChI=1S/C6H5F2N.C5H11N/c7-5-2-1-4(9)3-6(5)8;6-5-3-1-2-4-5/h1-3H,9H2;5H,1-4,6H2. The molecule has 1 aromatic carbocycles. The topological polar surface area (TPSA) is 52.0 Å². The summed E-state index contributed by atoms with van der Waals surface area (Å²) in [5.74, 6) is -1.78. The van der Waals surface area contributed by atoms with Gasteiger partial charge < -0.3 is 11.5 Å². The van der Waals surface area contributed by atoms with Crippen LogP contribution in [0, 0.1) is 11.6 Å². The molecule has 4 heteroatoms. The van der Waals surface area contributed by atoms with E-state index in [0.29, 0.717) is 6.04 Å². The van der Waals surface area contributed by atoms with Crippen molar-refractivity contribution in [3.63, 3.8) is 0 Å². The van der Waals surface area contributed by atoms with Crippen LogP contribution in [-0.4, -0.2) is 6.04 Å². The minimum Gasteiger partial charge on any atom is -0.399 e. The van der Waals surface area contributed by atoms with Gasteiger partial charge in [0.2, 0.25) is 0 Å².